The first-order chi connectivity index (χ1) is 11.3. The predicted octanol–water partition coefficient (Wildman–Crippen LogP) is 5.52. The Morgan fingerprint density at radius 2 is 1.13 bits per heavy atom. The quantitative estimate of drug-likeness (QED) is 0.474. The van der Waals surface area contributed by atoms with Gasteiger partial charge in [-0.15, -0.1) is 0 Å². The van der Waals surface area contributed by atoms with Gasteiger partial charge in [0.05, 0.1) is 0 Å². The average molecular weight is 312 g/mol. The summed E-state index contributed by atoms with van der Waals surface area (Å²) in [5.74, 6) is 0.0752. The highest BCUT2D eigenvalue weighted by atomic mass is 16.5. The minimum absolute atomic E-state index is 0.0752. The van der Waals surface area contributed by atoms with E-state index < -0.39 is 0 Å². The fourth-order valence-electron chi connectivity index (χ4n) is 1.94. The van der Waals surface area contributed by atoms with E-state index in [9.17, 15) is 4.79 Å². The van der Waals surface area contributed by atoms with Crippen molar-refractivity contribution >= 4 is 5.78 Å². The molecule has 0 aliphatic carbocycles. The summed E-state index contributed by atoms with van der Waals surface area (Å²) >= 11 is 0. The van der Waals surface area contributed by atoms with Gasteiger partial charge in [-0.05, 0) is 12.8 Å². The van der Waals surface area contributed by atoms with Crippen LogP contribution in [-0.2, 0) is 4.74 Å². The third-order valence-electron chi connectivity index (χ3n) is 3.36. The van der Waals surface area contributed by atoms with Crippen LogP contribution in [0.15, 0.2) is 60.7 Å². The Balaban J connectivity index is 0.000000257. The van der Waals surface area contributed by atoms with Crippen molar-refractivity contribution in [2.75, 3.05) is 13.2 Å². The van der Waals surface area contributed by atoms with E-state index >= 15 is 0 Å². The zero-order chi connectivity index (χ0) is 16.8. The molecule has 0 amide bonds. The summed E-state index contributed by atoms with van der Waals surface area (Å²) < 4.78 is 5.31. The van der Waals surface area contributed by atoms with Crippen LogP contribution in [0, 0.1) is 0 Å². The van der Waals surface area contributed by atoms with E-state index in [1.165, 1.54) is 25.7 Å². The van der Waals surface area contributed by atoms with E-state index in [1.54, 1.807) is 0 Å². The van der Waals surface area contributed by atoms with E-state index in [1.807, 2.05) is 60.7 Å². The molecule has 0 saturated heterocycles. The molecule has 0 radical (unpaired) electrons. The Bertz CT molecular complexity index is 473. The molecule has 2 nitrogen and oxygen atoms in total. The van der Waals surface area contributed by atoms with Crippen LogP contribution in [0.25, 0.3) is 0 Å². The fraction of sp³-hybridized carbons (Fsp3) is 0.381. The van der Waals surface area contributed by atoms with Gasteiger partial charge in [0.2, 0.25) is 0 Å². The molecule has 0 aromatic heterocycles. The monoisotopic (exact) mass is 312 g/mol. The molecule has 0 aliphatic rings. The highest BCUT2D eigenvalue weighted by molar-refractivity contribution is 6.08. The average Bonchev–Trinajstić information content (AvgIpc) is 2.63. The molecule has 0 aliphatic heterocycles. The van der Waals surface area contributed by atoms with Gasteiger partial charge < -0.3 is 4.74 Å². The summed E-state index contributed by atoms with van der Waals surface area (Å²) in [6, 6.07) is 18.6. The molecular formula is C21H28O2. The lowest BCUT2D eigenvalue weighted by Gasteiger charge is -1.99. The van der Waals surface area contributed by atoms with E-state index in [-0.39, 0.29) is 5.78 Å². The van der Waals surface area contributed by atoms with Gasteiger partial charge in [-0.1, -0.05) is 87.4 Å². The summed E-state index contributed by atoms with van der Waals surface area (Å²) in [4.78, 5) is 11.8. The predicted molar refractivity (Wildman–Crippen MR) is 97.0 cm³/mol. The van der Waals surface area contributed by atoms with E-state index in [4.69, 9.17) is 4.74 Å². The number of hydrogen-bond acceptors (Lipinski definition) is 2. The molecular weight excluding hydrogens is 284 g/mol. The SMILES string of the molecule is CCCCOCCCC.O=C(c1ccccc1)c1ccccc1. The largest absolute Gasteiger partial charge is 0.381 e. The number of carbonyl (C=O) groups is 1. The van der Waals surface area contributed by atoms with Crippen LogP contribution in [0.2, 0.25) is 0 Å². The van der Waals surface area contributed by atoms with Crippen LogP contribution >= 0.6 is 0 Å². The van der Waals surface area contributed by atoms with Crippen molar-refractivity contribution in [3.63, 3.8) is 0 Å². The molecule has 2 aromatic rings. The van der Waals surface area contributed by atoms with Crippen LogP contribution in [0.5, 0.6) is 0 Å². The van der Waals surface area contributed by atoms with Crippen molar-refractivity contribution in [2.45, 2.75) is 39.5 Å². The minimum Gasteiger partial charge on any atom is -0.381 e. The van der Waals surface area contributed by atoms with Crippen LogP contribution in [-0.4, -0.2) is 19.0 Å². The molecule has 0 heterocycles. The molecule has 2 rings (SSSR count). The maximum absolute atomic E-state index is 11.8. The summed E-state index contributed by atoms with van der Waals surface area (Å²) in [5, 5.41) is 0. The van der Waals surface area contributed by atoms with E-state index in [0.717, 1.165) is 24.3 Å². The van der Waals surface area contributed by atoms with Crippen molar-refractivity contribution in [3.05, 3.63) is 71.8 Å². The van der Waals surface area contributed by atoms with Gasteiger partial charge in [0.25, 0.3) is 0 Å². The second-order valence-electron chi connectivity index (χ2n) is 5.38. The van der Waals surface area contributed by atoms with Crippen LogP contribution in [0.1, 0.15) is 55.5 Å². The molecule has 0 N–H and O–H groups in total. The Labute approximate surface area is 140 Å². The fourth-order valence-corrected chi connectivity index (χ4v) is 1.94. The highest BCUT2D eigenvalue weighted by Crippen LogP contribution is 2.08. The Morgan fingerprint density at radius 3 is 1.48 bits per heavy atom. The molecule has 2 heteroatoms. The zero-order valence-corrected chi connectivity index (χ0v) is 14.3. The van der Waals surface area contributed by atoms with Crippen molar-refractivity contribution in [2.24, 2.45) is 0 Å². The lowest BCUT2D eigenvalue weighted by Crippen LogP contribution is -1.99. The first-order valence-electron chi connectivity index (χ1n) is 8.52. The van der Waals surface area contributed by atoms with Gasteiger partial charge in [-0.25, -0.2) is 0 Å². The molecule has 0 spiro atoms. The normalized spacial score (nSPS) is 9.83. The Kier molecular flexibility index (Phi) is 10.5. The number of benzene rings is 2. The van der Waals surface area contributed by atoms with Crippen molar-refractivity contribution in [3.8, 4) is 0 Å². The van der Waals surface area contributed by atoms with Gasteiger partial charge >= 0.3 is 0 Å². The van der Waals surface area contributed by atoms with Crippen molar-refractivity contribution in [1.29, 1.82) is 0 Å². The maximum atomic E-state index is 11.8. The summed E-state index contributed by atoms with van der Waals surface area (Å²) in [6.07, 6.45) is 4.91. The molecule has 0 atom stereocenters. The molecule has 0 saturated carbocycles. The van der Waals surface area contributed by atoms with Crippen molar-refractivity contribution in [1.82, 2.24) is 0 Å². The summed E-state index contributed by atoms with van der Waals surface area (Å²) in [6.45, 7) is 6.28. The van der Waals surface area contributed by atoms with Gasteiger partial charge in [-0.3, -0.25) is 4.79 Å². The van der Waals surface area contributed by atoms with E-state index in [2.05, 4.69) is 13.8 Å². The zero-order valence-electron chi connectivity index (χ0n) is 14.3. The molecule has 0 bridgehead atoms. The van der Waals surface area contributed by atoms with Crippen LogP contribution in [0.4, 0.5) is 0 Å². The Hall–Kier alpha value is -1.93. The number of rotatable bonds is 8. The standard InChI is InChI=1S/C13H10O.C8H18O/c14-13(11-7-3-1-4-8-11)12-9-5-2-6-10-12;1-3-5-7-9-8-6-4-2/h1-10H;3-8H2,1-2H3. The third-order valence-corrected chi connectivity index (χ3v) is 3.36. The van der Waals surface area contributed by atoms with Gasteiger partial charge in [-0.2, -0.15) is 0 Å². The number of ketones is 1. The minimum atomic E-state index is 0.0752. The highest BCUT2D eigenvalue weighted by Gasteiger charge is 2.06. The number of unbranched alkanes of at least 4 members (excludes halogenated alkanes) is 2. The lowest BCUT2D eigenvalue weighted by atomic mass is 10.0. The molecule has 2 aromatic carbocycles. The topological polar surface area (TPSA) is 26.3 Å². The second kappa shape index (κ2) is 12.6. The van der Waals surface area contributed by atoms with Gasteiger partial charge in [0, 0.05) is 24.3 Å². The van der Waals surface area contributed by atoms with Gasteiger partial charge in [0.1, 0.15) is 0 Å². The first kappa shape index (κ1) is 19.1. The van der Waals surface area contributed by atoms with Crippen molar-refractivity contribution < 1.29 is 9.53 Å². The molecule has 124 valence electrons. The summed E-state index contributed by atoms with van der Waals surface area (Å²) in [7, 11) is 0. The number of carbonyl (C=O) groups excluding carboxylic acids is 1. The van der Waals surface area contributed by atoms with Crippen LogP contribution < -0.4 is 0 Å². The number of hydrogen-bond donors (Lipinski definition) is 0. The Morgan fingerprint density at radius 1 is 0.739 bits per heavy atom. The first-order valence-corrected chi connectivity index (χ1v) is 8.52. The molecule has 23 heavy (non-hydrogen) atoms. The molecule has 0 fully saturated rings. The van der Waals surface area contributed by atoms with E-state index in [0.29, 0.717) is 0 Å². The maximum Gasteiger partial charge on any atom is 0.193 e. The molecule has 0 unspecified atom stereocenters. The third kappa shape index (κ3) is 8.32. The lowest BCUT2D eigenvalue weighted by molar-refractivity contribution is 0.103. The number of ether oxygens (including phenoxy) is 1. The summed E-state index contributed by atoms with van der Waals surface area (Å²) in [5.41, 5.74) is 1.47. The second-order valence-corrected chi connectivity index (χ2v) is 5.38. The smallest absolute Gasteiger partial charge is 0.193 e. The van der Waals surface area contributed by atoms with Crippen LogP contribution in [0.3, 0.4) is 0 Å². The van der Waals surface area contributed by atoms with Gasteiger partial charge in [0.15, 0.2) is 5.78 Å².